The smallest absolute Gasteiger partial charge is 0.351 e. The Labute approximate surface area is 86.3 Å². The molecular formula is C11H21NO2. The van der Waals surface area contributed by atoms with Gasteiger partial charge in [-0.3, -0.25) is 5.41 Å². The van der Waals surface area contributed by atoms with Gasteiger partial charge in [0.25, 0.3) is 0 Å². The number of ether oxygens (including phenoxy) is 1. The largest absolute Gasteiger partial charge is 0.461 e. The Morgan fingerprint density at radius 2 is 1.93 bits per heavy atom. The molecule has 0 atom stereocenters. The number of rotatable bonds is 7. The van der Waals surface area contributed by atoms with Crippen molar-refractivity contribution in [3.63, 3.8) is 0 Å². The van der Waals surface area contributed by atoms with Crippen molar-refractivity contribution in [1.29, 1.82) is 5.41 Å². The molecule has 0 heterocycles. The van der Waals surface area contributed by atoms with Crippen molar-refractivity contribution in [2.45, 2.75) is 46.5 Å². The predicted octanol–water partition coefficient (Wildman–Crippen LogP) is 2.79. The molecule has 0 aliphatic carbocycles. The molecule has 0 saturated carbocycles. The van der Waals surface area contributed by atoms with Crippen LogP contribution in [0.3, 0.4) is 0 Å². The van der Waals surface area contributed by atoms with Crippen LogP contribution < -0.4 is 0 Å². The van der Waals surface area contributed by atoms with Gasteiger partial charge in [-0.25, -0.2) is 4.79 Å². The number of esters is 1. The average Bonchev–Trinajstić information content (AvgIpc) is 2.09. The van der Waals surface area contributed by atoms with E-state index in [2.05, 4.69) is 13.8 Å². The molecule has 0 aromatic carbocycles. The fraction of sp³-hybridized carbons (Fsp3) is 0.818. The number of unbranched alkanes of at least 4 members (excludes halogenated alkanes) is 2. The van der Waals surface area contributed by atoms with Gasteiger partial charge in [-0.1, -0.05) is 33.1 Å². The summed E-state index contributed by atoms with van der Waals surface area (Å²) in [5, 5.41) is 7.00. The van der Waals surface area contributed by atoms with E-state index >= 15 is 0 Å². The highest BCUT2D eigenvalue weighted by atomic mass is 16.5. The molecule has 0 aromatic heterocycles. The lowest BCUT2D eigenvalue weighted by molar-refractivity contribution is -0.135. The summed E-state index contributed by atoms with van der Waals surface area (Å²) in [5.41, 5.74) is -0.0211. The van der Waals surface area contributed by atoms with Gasteiger partial charge in [-0.15, -0.1) is 0 Å². The summed E-state index contributed by atoms with van der Waals surface area (Å²) >= 11 is 0. The van der Waals surface area contributed by atoms with Crippen LogP contribution in [0.1, 0.15) is 46.5 Å². The van der Waals surface area contributed by atoms with Crippen LogP contribution in [0.15, 0.2) is 0 Å². The fourth-order valence-corrected chi connectivity index (χ4v) is 1.10. The number of hydrogen-bond acceptors (Lipinski definition) is 3. The second-order valence-corrected chi connectivity index (χ2v) is 4.00. The molecule has 3 heteroatoms. The third-order valence-corrected chi connectivity index (χ3v) is 1.97. The minimum atomic E-state index is -0.492. The first kappa shape index (κ1) is 13.1. The summed E-state index contributed by atoms with van der Waals surface area (Å²) < 4.78 is 4.85. The molecule has 14 heavy (non-hydrogen) atoms. The lowest BCUT2D eigenvalue weighted by Crippen LogP contribution is -2.13. The molecule has 0 spiro atoms. The first-order valence-electron chi connectivity index (χ1n) is 5.26. The summed E-state index contributed by atoms with van der Waals surface area (Å²) in [5.74, 6) is 0.259. The SMILES string of the molecule is CC(=N)C(=O)OCCCCCC(C)C. The maximum Gasteiger partial charge on any atom is 0.351 e. The van der Waals surface area contributed by atoms with Gasteiger partial charge in [0.05, 0.1) is 6.61 Å². The van der Waals surface area contributed by atoms with Crippen molar-refractivity contribution < 1.29 is 9.53 Å². The second-order valence-electron chi connectivity index (χ2n) is 4.00. The molecule has 0 aliphatic heterocycles. The van der Waals surface area contributed by atoms with Gasteiger partial charge >= 0.3 is 5.97 Å². The molecule has 0 aromatic rings. The van der Waals surface area contributed by atoms with E-state index in [1.807, 2.05) is 0 Å². The Morgan fingerprint density at radius 1 is 1.29 bits per heavy atom. The molecular weight excluding hydrogens is 178 g/mol. The van der Waals surface area contributed by atoms with E-state index in [-0.39, 0.29) is 5.71 Å². The van der Waals surface area contributed by atoms with E-state index in [0.717, 1.165) is 18.8 Å². The van der Waals surface area contributed by atoms with E-state index in [4.69, 9.17) is 10.1 Å². The first-order chi connectivity index (χ1) is 6.54. The van der Waals surface area contributed by atoms with Gasteiger partial charge in [-0.2, -0.15) is 0 Å². The van der Waals surface area contributed by atoms with Gasteiger partial charge in [0, 0.05) is 0 Å². The second kappa shape index (κ2) is 7.54. The molecule has 0 fully saturated rings. The number of carbonyl (C=O) groups excluding carboxylic acids is 1. The third-order valence-electron chi connectivity index (χ3n) is 1.97. The molecule has 0 radical (unpaired) electrons. The van der Waals surface area contributed by atoms with Crippen LogP contribution in [0.5, 0.6) is 0 Å². The van der Waals surface area contributed by atoms with E-state index in [1.54, 1.807) is 0 Å². The van der Waals surface area contributed by atoms with Crippen LogP contribution in [0.2, 0.25) is 0 Å². The Hall–Kier alpha value is -0.860. The van der Waals surface area contributed by atoms with Crippen LogP contribution >= 0.6 is 0 Å². The molecule has 0 unspecified atom stereocenters. The fourth-order valence-electron chi connectivity index (χ4n) is 1.10. The molecule has 0 bridgehead atoms. The Morgan fingerprint density at radius 3 is 2.43 bits per heavy atom. The summed E-state index contributed by atoms with van der Waals surface area (Å²) in [6.45, 7) is 6.31. The van der Waals surface area contributed by atoms with E-state index in [1.165, 1.54) is 19.8 Å². The summed E-state index contributed by atoms with van der Waals surface area (Å²) in [4.78, 5) is 10.8. The zero-order chi connectivity index (χ0) is 11.0. The van der Waals surface area contributed by atoms with Gasteiger partial charge in [0.2, 0.25) is 0 Å². The Kier molecular flexibility index (Phi) is 7.07. The van der Waals surface area contributed by atoms with Crippen molar-refractivity contribution >= 4 is 11.7 Å². The van der Waals surface area contributed by atoms with Crippen LogP contribution in [0, 0.1) is 11.3 Å². The van der Waals surface area contributed by atoms with Gasteiger partial charge < -0.3 is 4.74 Å². The topological polar surface area (TPSA) is 50.2 Å². The summed E-state index contributed by atoms with van der Waals surface area (Å²) in [7, 11) is 0. The first-order valence-corrected chi connectivity index (χ1v) is 5.26. The van der Waals surface area contributed by atoms with Crippen LogP contribution in [0.4, 0.5) is 0 Å². The Balaban J connectivity index is 3.22. The zero-order valence-corrected chi connectivity index (χ0v) is 9.43. The number of nitrogens with one attached hydrogen (secondary N) is 1. The average molecular weight is 199 g/mol. The number of hydrogen-bond donors (Lipinski definition) is 1. The van der Waals surface area contributed by atoms with Gasteiger partial charge in [-0.05, 0) is 19.3 Å². The lowest BCUT2D eigenvalue weighted by atomic mass is 10.1. The molecule has 0 aliphatic rings. The molecule has 0 saturated heterocycles. The van der Waals surface area contributed by atoms with Crippen molar-refractivity contribution in [1.82, 2.24) is 0 Å². The van der Waals surface area contributed by atoms with Crippen LogP contribution in [-0.2, 0) is 9.53 Å². The molecule has 0 rings (SSSR count). The van der Waals surface area contributed by atoms with Crippen molar-refractivity contribution in [2.24, 2.45) is 5.92 Å². The van der Waals surface area contributed by atoms with E-state index in [0.29, 0.717) is 6.61 Å². The maximum absolute atomic E-state index is 10.8. The highest BCUT2D eigenvalue weighted by Gasteiger charge is 2.03. The van der Waals surface area contributed by atoms with Crippen LogP contribution in [-0.4, -0.2) is 18.3 Å². The predicted molar refractivity (Wildman–Crippen MR) is 57.7 cm³/mol. The van der Waals surface area contributed by atoms with E-state index in [9.17, 15) is 4.79 Å². The summed E-state index contributed by atoms with van der Waals surface area (Å²) in [6, 6.07) is 0. The monoisotopic (exact) mass is 199 g/mol. The summed E-state index contributed by atoms with van der Waals surface area (Å²) in [6.07, 6.45) is 4.44. The Bertz CT molecular complexity index is 188. The minimum absolute atomic E-state index is 0.0211. The molecule has 3 nitrogen and oxygen atoms in total. The normalized spacial score (nSPS) is 10.3. The van der Waals surface area contributed by atoms with Crippen molar-refractivity contribution in [3.8, 4) is 0 Å². The van der Waals surface area contributed by atoms with Crippen molar-refractivity contribution in [3.05, 3.63) is 0 Å². The highest BCUT2D eigenvalue weighted by molar-refractivity contribution is 6.33. The van der Waals surface area contributed by atoms with E-state index < -0.39 is 5.97 Å². The lowest BCUT2D eigenvalue weighted by Gasteiger charge is -2.05. The van der Waals surface area contributed by atoms with Crippen LogP contribution in [0.25, 0.3) is 0 Å². The van der Waals surface area contributed by atoms with Gasteiger partial charge in [0.1, 0.15) is 5.71 Å². The molecule has 0 amide bonds. The minimum Gasteiger partial charge on any atom is -0.461 e. The molecule has 1 N–H and O–H groups in total. The maximum atomic E-state index is 10.8. The van der Waals surface area contributed by atoms with Gasteiger partial charge in [0.15, 0.2) is 0 Å². The molecule has 82 valence electrons. The highest BCUT2D eigenvalue weighted by Crippen LogP contribution is 2.07. The number of carbonyl (C=O) groups is 1. The quantitative estimate of drug-likeness (QED) is 0.389. The standard InChI is InChI=1S/C11H21NO2/c1-9(2)7-5-4-6-8-14-11(13)10(3)12/h9,12H,4-8H2,1-3H3. The zero-order valence-electron chi connectivity index (χ0n) is 9.43. The third kappa shape index (κ3) is 7.77. The van der Waals surface area contributed by atoms with Crippen molar-refractivity contribution in [2.75, 3.05) is 6.61 Å².